The van der Waals surface area contributed by atoms with Crippen molar-refractivity contribution in [3.8, 4) is 11.4 Å². The van der Waals surface area contributed by atoms with E-state index in [9.17, 15) is 4.79 Å². The molecule has 0 bridgehead atoms. The first-order valence-electron chi connectivity index (χ1n) is 13.6. The molecule has 3 heterocycles. The molecule has 7 rings (SSSR count). The van der Waals surface area contributed by atoms with Crippen LogP contribution in [0.1, 0.15) is 49.7 Å². The normalized spacial score (nSPS) is 18.9. The number of nitrogens with zero attached hydrogens (tertiary/aromatic N) is 5. The quantitative estimate of drug-likeness (QED) is 0.311. The van der Waals surface area contributed by atoms with Crippen molar-refractivity contribution in [1.82, 2.24) is 24.9 Å². The molecule has 206 valence electrons. The number of para-hydroxylation sites is 2. The van der Waals surface area contributed by atoms with Crippen LogP contribution in [0.25, 0.3) is 16.6 Å². The van der Waals surface area contributed by atoms with Gasteiger partial charge in [-0.3, -0.25) is 14.4 Å². The first-order valence-corrected chi connectivity index (χ1v) is 13.6. The van der Waals surface area contributed by atoms with Gasteiger partial charge in [-0.25, -0.2) is 24.8 Å². The van der Waals surface area contributed by atoms with E-state index >= 15 is 4.39 Å². The highest BCUT2D eigenvalue weighted by atomic mass is 19.1. The molecule has 2 unspecified atom stereocenters. The summed E-state index contributed by atoms with van der Waals surface area (Å²) in [6.45, 7) is 3.84. The number of aromatic nitrogens is 4. The molecule has 2 aromatic heterocycles. The van der Waals surface area contributed by atoms with Gasteiger partial charge in [0.25, 0.3) is 5.56 Å². The van der Waals surface area contributed by atoms with Gasteiger partial charge in [0.15, 0.2) is 17.4 Å². The number of ether oxygens (including phenoxy) is 1. The minimum atomic E-state index is -0.984. The number of nitrogen functional groups attached to an aromatic ring is 1. The smallest absolute Gasteiger partial charge is 0.266 e. The molecule has 2 atom stereocenters. The van der Waals surface area contributed by atoms with E-state index in [0.29, 0.717) is 39.4 Å². The zero-order valence-electron chi connectivity index (χ0n) is 22.6. The van der Waals surface area contributed by atoms with Crippen LogP contribution in [-0.4, -0.2) is 25.6 Å². The Morgan fingerprint density at radius 2 is 1.83 bits per heavy atom. The van der Waals surface area contributed by atoms with Crippen molar-refractivity contribution in [3.05, 3.63) is 112 Å². The number of anilines is 2. The first-order chi connectivity index (χ1) is 19.8. The lowest BCUT2D eigenvalue weighted by Gasteiger charge is -2.32. The molecule has 5 aromatic rings. The first kappa shape index (κ1) is 25.2. The number of benzene rings is 3. The third kappa shape index (κ3) is 4.10. The van der Waals surface area contributed by atoms with Crippen molar-refractivity contribution in [2.45, 2.75) is 44.4 Å². The predicted octanol–water partition coefficient (Wildman–Crippen LogP) is 4.79. The average molecular weight is 550 g/mol. The molecule has 0 amide bonds. The Morgan fingerprint density at radius 3 is 2.59 bits per heavy atom. The molecule has 1 saturated carbocycles. The molecule has 2 aliphatic rings. The SMILES string of the molecule is CC(c1nc2ccccc2c(=O)n1-c1ccccc1)N1NC(C)(c2ccc(OC3CC3)c(F)c2)c2c(N)ncnc21. The summed E-state index contributed by atoms with van der Waals surface area (Å²) in [4.78, 5) is 27.7. The molecular formula is C31H28FN7O2. The second kappa shape index (κ2) is 9.38. The fourth-order valence-corrected chi connectivity index (χ4v) is 5.54. The summed E-state index contributed by atoms with van der Waals surface area (Å²) in [6.07, 6.45) is 3.34. The van der Waals surface area contributed by atoms with Gasteiger partial charge in [0.05, 0.1) is 33.8 Å². The number of halogens is 1. The molecular weight excluding hydrogens is 521 g/mol. The number of hydrogen-bond donors (Lipinski definition) is 2. The van der Waals surface area contributed by atoms with Crippen LogP contribution in [0, 0.1) is 5.82 Å². The molecule has 9 nitrogen and oxygen atoms in total. The maximum atomic E-state index is 15.2. The van der Waals surface area contributed by atoms with E-state index in [1.54, 1.807) is 16.7 Å². The fourth-order valence-electron chi connectivity index (χ4n) is 5.54. The van der Waals surface area contributed by atoms with E-state index < -0.39 is 17.4 Å². The molecule has 3 aromatic carbocycles. The standard InChI is InChI=1S/C31H28FN7O2/c1-18(28-36-24-11-7-6-10-22(24)30(40)38(28)20-8-4-3-5-9-20)39-29-26(27(33)34-17-35-29)31(2,37-39)19-12-15-25(23(32)16-19)41-21-13-14-21/h3-12,15-18,21,37H,13-14H2,1-2H3,(H2,33,34,35). The largest absolute Gasteiger partial charge is 0.487 e. The lowest BCUT2D eigenvalue weighted by molar-refractivity contribution is 0.287. The molecule has 10 heteroatoms. The molecule has 0 radical (unpaired) electrons. The summed E-state index contributed by atoms with van der Waals surface area (Å²) in [5, 5.41) is 2.35. The van der Waals surface area contributed by atoms with Gasteiger partial charge >= 0.3 is 0 Å². The average Bonchev–Trinajstić information content (AvgIpc) is 3.75. The van der Waals surface area contributed by atoms with Crippen molar-refractivity contribution in [2.75, 3.05) is 10.7 Å². The number of rotatable bonds is 6. The number of hydrogen-bond acceptors (Lipinski definition) is 8. The summed E-state index contributed by atoms with van der Waals surface area (Å²) in [5.74, 6) is 1.07. The second-order valence-electron chi connectivity index (χ2n) is 10.7. The Labute approximate surface area is 235 Å². The topological polar surface area (TPSA) is 111 Å². The van der Waals surface area contributed by atoms with E-state index in [-0.39, 0.29) is 23.2 Å². The molecule has 0 spiro atoms. The highest BCUT2D eigenvalue weighted by Gasteiger charge is 2.46. The Hall–Kier alpha value is -4.83. The van der Waals surface area contributed by atoms with Crippen molar-refractivity contribution in [1.29, 1.82) is 0 Å². The van der Waals surface area contributed by atoms with Gasteiger partial charge in [0, 0.05) is 0 Å². The molecule has 3 N–H and O–H groups in total. The zero-order chi connectivity index (χ0) is 28.3. The van der Waals surface area contributed by atoms with Crippen molar-refractivity contribution >= 4 is 22.5 Å². The fraction of sp³-hybridized carbons (Fsp3) is 0.226. The summed E-state index contributed by atoms with van der Waals surface area (Å²) >= 11 is 0. The van der Waals surface area contributed by atoms with Crippen molar-refractivity contribution < 1.29 is 9.13 Å². The van der Waals surface area contributed by atoms with Crippen LogP contribution in [0.4, 0.5) is 16.0 Å². The predicted molar refractivity (Wildman–Crippen MR) is 154 cm³/mol. The van der Waals surface area contributed by atoms with Gasteiger partial charge in [0.2, 0.25) is 0 Å². The lowest BCUT2D eigenvalue weighted by atomic mass is 9.86. The molecule has 41 heavy (non-hydrogen) atoms. The minimum Gasteiger partial charge on any atom is -0.487 e. The van der Waals surface area contributed by atoms with E-state index in [0.717, 1.165) is 12.8 Å². The van der Waals surface area contributed by atoms with E-state index in [2.05, 4.69) is 15.4 Å². The monoisotopic (exact) mass is 549 g/mol. The lowest BCUT2D eigenvalue weighted by Crippen LogP contribution is -2.47. The third-order valence-corrected chi connectivity index (χ3v) is 7.83. The number of fused-ring (bicyclic) bond motifs is 2. The van der Waals surface area contributed by atoms with Crippen LogP contribution in [0.3, 0.4) is 0 Å². The Morgan fingerprint density at radius 1 is 1.07 bits per heavy atom. The Bertz CT molecular complexity index is 1860. The maximum absolute atomic E-state index is 15.2. The van der Waals surface area contributed by atoms with Gasteiger partial charge < -0.3 is 10.5 Å². The second-order valence-corrected chi connectivity index (χ2v) is 10.7. The van der Waals surface area contributed by atoms with Gasteiger partial charge in [-0.2, -0.15) is 0 Å². The van der Waals surface area contributed by atoms with E-state index in [4.69, 9.17) is 15.5 Å². The maximum Gasteiger partial charge on any atom is 0.266 e. The Balaban J connectivity index is 1.37. The Kier molecular flexibility index (Phi) is 5.75. The van der Waals surface area contributed by atoms with E-state index in [1.807, 2.05) is 73.5 Å². The van der Waals surface area contributed by atoms with Crippen LogP contribution in [0.15, 0.2) is 83.9 Å². The number of hydrazine groups is 1. The van der Waals surface area contributed by atoms with Gasteiger partial charge in [-0.05, 0) is 68.7 Å². The molecule has 0 saturated heterocycles. The van der Waals surface area contributed by atoms with Crippen LogP contribution >= 0.6 is 0 Å². The zero-order valence-corrected chi connectivity index (χ0v) is 22.6. The van der Waals surface area contributed by atoms with Crippen molar-refractivity contribution in [3.63, 3.8) is 0 Å². The highest BCUT2D eigenvalue weighted by Crippen LogP contribution is 2.46. The molecule has 1 aliphatic heterocycles. The molecule has 1 fully saturated rings. The van der Waals surface area contributed by atoms with Crippen LogP contribution in [0.5, 0.6) is 5.75 Å². The molecule has 1 aliphatic carbocycles. The highest BCUT2D eigenvalue weighted by molar-refractivity contribution is 5.78. The van der Waals surface area contributed by atoms with Crippen LogP contribution in [-0.2, 0) is 5.54 Å². The van der Waals surface area contributed by atoms with Gasteiger partial charge in [0.1, 0.15) is 24.0 Å². The minimum absolute atomic E-state index is 0.0772. The van der Waals surface area contributed by atoms with Gasteiger partial charge in [-0.15, -0.1) is 0 Å². The number of nitrogens with two attached hydrogens (primary N) is 1. The summed E-state index contributed by atoms with van der Waals surface area (Å²) in [6, 6.07) is 21.1. The van der Waals surface area contributed by atoms with Crippen LogP contribution < -0.4 is 26.5 Å². The summed E-state index contributed by atoms with van der Waals surface area (Å²) < 4.78 is 22.6. The third-order valence-electron chi connectivity index (χ3n) is 7.83. The number of nitrogens with one attached hydrogen (secondary N) is 1. The van der Waals surface area contributed by atoms with Crippen LogP contribution in [0.2, 0.25) is 0 Å². The van der Waals surface area contributed by atoms with Gasteiger partial charge in [-0.1, -0.05) is 36.4 Å². The van der Waals surface area contributed by atoms with E-state index in [1.165, 1.54) is 12.4 Å². The summed E-state index contributed by atoms with van der Waals surface area (Å²) in [7, 11) is 0. The van der Waals surface area contributed by atoms with Crippen molar-refractivity contribution in [2.24, 2.45) is 0 Å². The summed E-state index contributed by atoms with van der Waals surface area (Å²) in [5.41, 5.74) is 11.3.